The molecule has 1 aliphatic rings. The molecule has 0 saturated heterocycles. The molecular weight excluding hydrogens is 467 g/mol. The van der Waals surface area contributed by atoms with E-state index < -0.39 is 15.9 Å². The largest absolute Gasteiger partial charge is 0.462 e. The summed E-state index contributed by atoms with van der Waals surface area (Å²) in [5.74, 6) is -0.706. The number of hydrogen-bond donors (Lipinski definition) is 2. The molecule has 0 radical (unpaired) electrons. The van der Waals surface area contributed by atoms with E-state index in [1.165, 1.54) is 11.3 Å². The number of esters is 1. The number of hydrogen-bond acceptors (Lipinski definition) is 5. The van der Waals surface area contributed by atoms with Crippen LogP contribution in [0, 0.1) is 0 Å². The van der Waals surface area contributed by atoms with Crippen LogP contribution in [0.2, 0.25) is 0 Å². The molecule has 0 saturated carbocycles. The molecule has 1 aromatic heterocycles. The van der Waals surface area contributed by atoms with Gasteiger partial charge < -0.3 is 15.4 Å². The van der Waals surface area contributed by atoms with Gasteiger partial charge in [0.15, 0.2) is 0 Å². The number of thiophene rings is 1. The summed E-state index contributed by atoms with van der Waals surface area (Å²) in [4.78, 5) is 26.3. The van der Waals surface area contributed by atoms with E-state index in [-0.39, 0.29) is 18.9 Å². The maximum absolute atomic E-state index is 12.7. The van der Waals surface area contributed by atoms with Crippen molar-refractivity contribution in [1.82, 2.24) is 5.32 Å². The standard InChI is InChI=1S/C21H23Cl3N2O3S/c1-2-29-19(28)17-14-10-6-7-11-15(14)30-18(17)26-20(21(22,23)24)25-16(27)12-13-8-4-3-5-9-13/h3-5,8-9,20,26H,2,6-7,10-12H2,1H3,(H,25,27)/t20-/m0/s1. The molecule has 0 bridgehead atoms. The number of alkyl halides is 3. The Morgan fingerprint density at radius 2 is 1.87 bits per heavy atom. The SMILES string of the molecule is CCOC(=O)c1c(N[C@H](NC(=O)Cc2ccccc2)C(Cl)(Cl)Cl)sc2c1CCCC2. The molecule has 5 nitrogen and oxygen atoms in total. The van der Waals surface area contributed by atoms with E-state index in [0.29, 0.717) is 10.6 Å². The maximum atomic E-state index is 12.7. The highest BCUT2D eigenvalue weighted by atomic mass is 35.6. The molecule has 1 atom stereocenters. The molecule has 1 aromatic carbocycles. The summed E-state index contributed by atoms with van der Waals surface area (Å²) >= 11 is 19.9. The summed E-state index contributed by atoms with van der Waals surface area (Å²) in [6.45, 7) is 2.03. The summed E-state index contributed by atoms with van der Waals surface area (Å²) in [5.41, 5.74) is 2.32. The van der Waals surface area contributed by atoms with Crippen LogP contribution in [-0.4, -0.2) is 28.4 Å². The first-order valence-electron chi connectivity index (χ1n) is 9.77. The smallest absolute Gasteiger partial charge is 0.341 e. The second kappa shape index (κ2) is 10.2. The molecule has 1 aliphatic carbocycles. The molecule has 1 amide bonds. The Morgan fingerprint density at radius 3 is 2.53 bits per heavy atom. The van der Waals surface area contributed by atoms with E-state index in [2.05, 4.69) is 10.6 Å². The van der Waals surface area contributed by atoms with Gasteiger partial charge >= 0.3 is 5.97 Å². The van der Waals surface area contributed by atoms with E-state index in [9.17, 15) is 9.59 Å². The fraction of sp³-hybridized carbons (Fsp3) is 0.429. The van der Waals surface area contributed by atoms with Crippen molar-refractivity contribution in [3.05, 3.63) is 51.9 Å². The zero-order chi connectivity index (χ0) is 21.7. The number of amides is 1. The predicted octanol–water partition coefficient (Wildman–Crippen LogP) is 5.27. The first-order valence-corrected chi connectivity index (χ1v) is 11.7. The Hall–Kier alpha value is -1.47. The molecular formula is C21H23Cl3N2O3S. The highest BCUT2D eigenvalue weighted by Crippen LogP contribution is 2.40. The molecule has 0 fully saturated rings. The van der Waals surface area contributed by atoms with Crippen LogP contribution in [0.1, 0.15) is 46.1 Å². The lowest BCUT2D eigenvalue weighted by molar-refractivity contribution is -0.120. The van der Waals surface area contributed by atoms with Gasteiger partial charge in [-0.1, -0.05) is 65.1 Å². The van der Waals surface area contributed by atoms with E-state index in [0.717, 1.165) is 41.7 Å². The number of fused-ring (bicyclic) bond motifs is 1. The molecule has 9 heteroatoms. The fourth-order valence-electron chi connectivity index (χ4n) is 3.41. The Bertz CT molecular complexity index is 897. The van der Waals surface area contributed by atoms with Crippen LogP contribution >= 0.6 is 46.1 Å². The molecule has 162 valence electrons. The van der Waals surface area contributed by atoms with Crippen molar-refractivity contribution in [3.8, 4) is 0 Å². The fourth-order valence-corrected chi connectivity index (χ4v) is 5.04. The molecule has 1 heterocycles. The first kappa shape index (κ1) is 23.2. The van der Waals surface area contributed by atoms with E-state index in [4.69, 9.17) is 39.5 Å². The summed E-state index contributed by atoms with van der Waals surface area (Å²) < 4.78 is 3.43. The molecule has 0 spiro atoms. The highest BCUT2D eigenvalue weighted by molar-refractivity contribution is 7.16. The van der Waals surface area contributed by atoms with Crippen molar-refractivity contribution in [2.75, 3.05) is 11.9 Å². The third-order valence-electron chi connectivity index (χ3n) is 4.77. The Morgan fingerprint density at radius 1 is 1.17 bits per heavy atom. The average Bonchev–Trinajstić information content (AvgIpc) is 3.05. The second-order valence-corrected chi connectivity index (χ2v) is 10.5. The minimum atomic E-state index is -1.83. The number of anilines is 1. The van der Waals surface area contributed by atoms with Crippen LogP contribution in [-0.2, 0) is 28.8 Å². The minimum absolute atomic E-state index is 0.144. The third-order valence-corrected chi connectivity index (χ3v) is 6.64. The van der Waals surface area contributed by atoms with Crippen LogP contribution in [0.25, 0.3) is 0 Å². The Labute approximate surface area is 195 Å². The minimum Gasteiger partial charge on any atom is -0.462 e. The second-order valence-electron chi connectivity index (χ2n) is 6.98. The van der Waals surface area contributed by atoms with E-state index in [1.54, 1.807) is 6.92 Å². The van der Waals surface area contributed by atoms with Gasteiger partial charge in [-0.2, -0.15) is 0 Å². The maximum Gasteiger partial charge on any atom is 0.341 e. The third kappa shape index (κ3) is 5.82. The van der Waals surface area contributed by atoms with Crippen LogP contribution in [0.3, 0.4) is 0 Å². The van der Waals surface area contributed by atoms with Gasteiger partial charge in [0.25, 0.3) is 0 Å². The van der Waals surface area contributed by atoms with Gasteiger partial charge in [-0.05, 0) is 43.7 Å². The van der Waals surface area contributed by atoms with Gasteiger partial charge in [-0.15, -0.1) is 11.3 Å². The highest BCUT2D eigenvalue weighted by Gasteiger charge is 2.36. The summed E-state index contributed by atoms with van der Waals surface area (Å²) in [5, 5.41) is 6.38. The lowest BCUT2D eigenvalue weighted by atomic mass is 9.95. The molecule has 0 unspecified atom stereocenters. The molecule has 30 heavy (non-hydrogen) atoms. The number of nitrogens with one attached hydrogen (secondary N) is 2. The Kier molecular flexibility index (Phi) is 7.91. The average molecular weight is 490 g/mol. The van der Waals surface area contributed by atoms with Crippen molar-refractivity contribution in [3.63, 3.8) is 0 Å². The number of carbonyl (C=O) groups is 2. The lowest BCUT2D eigenvalue weighted by Gasteiger charge is -2.27. The summed E-state index contributed by atoms with van der Waals surface area (Å²) in [6, 6.07) is 9.29. The molecule has 3 rings (SSSR count). The van der Waals surface area contributed by atoms with E-state index in [1.807, 2.05) is 30.3 Å². The van der Waals surface area contributed by atoms with Crippen LogP contribution < -0.4 is 10.6 Å². The number of aryl methyl sites for hydroxylation is 1. The number of benzene rings is 1. The summed E-state index contributed by atoms with van der Waals surface area (Å²) in [7, 11) is 0. The van der Waals surface area contributed by atoms with Crippen LogP contribution in [0.4, 0.5) is 5.00 Å². The number of carbonyl (C=O) groups excluding carboxylic acids is 2. The number of halogens is 3. The van der Waals surface area contributed by atoms with Crippen LogP contribution in [0.5, 0.6) is 0 Å². The van der Waals surface area contributed by atoms with Crippen molar-refractivity contribution < 1.29 is 14.3 Å². The topological polar surface area (TPSA) is 67.4 Å². The number of ether oxygens (including phenoxy) is 1. The van der Waals surface area contributed by atoms with Gasteiger partial charge in [0.2, 0.25) is 9.70 Å². The van der Waals surface area contributed by atoms with Crippen molar-refractivity contribution in [2.45, 2.75) is 49.0 Å². The zero-order valence-corrected chi connectivity index (χ0v) is 19.6. The van der Waals surface area contributed by atoms with Crippen molar-refractivity contribution >= 4 is 63.0 Å². The predicted molar refractivity (Wildman–Crippen MR) is 123 cm³/mol. The molecule has 2 N–H and O–H groups in total. The number of rotatable bonds is 7. The van der Waals surface area contributed by atoms with Gasteiger partial charge in [-0.3, -0.25) is 4.79 Å². The zero-order valence-electron chi connectivity index (χ0n) is 16.5. The van der Waals surface area contributed by atoms with Gasteiger partial charge in [-0.25, -0.2) is 4.79 Å². The first-order chi connectivity index (χ1) is 14.3. The molecule has 0 aliphatic heterocycles. The monoisotopic (exact) mass is 488 g/mol. The van der Waals surface area contributed by atoms with Gasteiger partial charge in [0.05, 0.1) is 18.6 Å². The van der Waals surface area contributed by atoms with Crippen LogP contribution in [0.15, 0.2) is 30.3 Å². The van der Waals surface area contributed by atoms with E-state index >= 15 is 0 Å². The Balaban J connectivity index is 1.83. The molecule has 2 aromatic rings. The quantitative estimate of drug-likeness (QED) is 0.316. The normalized spacial score (nSPS) is 14.5. The lowest BCUT2D eigenvalue weighted by Crippen LogP contribution is -2.49. The van der Waals surface area contributed by atoms with Crippen molar-refractivity contribution in [1.29, 1.82) is 0 Å². The summed E-state index contributed by atoms with van der Waals surface area (Å²) in [6.07, 6.45) is 2.90. The van der Waals surface area contributed by atoms with Crippen molar-refractivity contribution in [2.24, 2.45) is 0 Å². The van der Waals surface area contributed by atoms with Gasteiger partial charge in [0, 0.05) is 4.88 Å². The van der Waals surface area contributed by atoms with Gasteiger partial charge in [0.1, 0.15) is 11.2 Å².